The molecule has 0 aromatic heterocycles. The topological polar surface area (TPSA) is 201 Å². The molecule has 3 aliphatic heterocycles. The van der Waals surface area contributed by atoms with Crippen molar-refractivity contribution >= 4 is 42.1 Å². The molecule has 16 heteroatoms. The summed E-state index contributed by atoms with van der Waals surface area (Å²) in [7, 11) is 0. The number of hydrogen-bond acceptors (Lipinski definition) is 13. The number of imide groups is 1. The average Bonchev–Trinajstić information content (AvgIpc) is 3.53. The molecule has 3 heterocycles. The Morgan fingerprint density at radius 3 is 2.64 bits per heavy atom. The van der Waals surface area contributed by atoms with Gasteiger partial charge in [-0.2, -0.15) is 0 Å². The fourth-order valence-electron chi connectivity index (χ4n) is 5.72. The van der Waals surface area contributed by atoms with Crippen LogP contribution in [0.2, 0.25) is 0 Å². The van der Waals surface area contributed by atoms with Crippen LogP contribution in [-0.2, 0) is 51.2 Å². The molecule has 258 valence electrons. The summed E-state index contributed by atoms with van der Waals surface area (Å²) >= 11 is 0.619. The highest BCUT2D eigenvalue weighted by atomic mass is 32.2. The summed E-state index contributed by atoms with van der Waals surface area (Å²) in [5.74, 6) is -1.39. The van der Waals surface area contributed by atoms with E-state index in [2.05, 4.69) is 5.32 Å². The molecule has 47 heavy (non-hydrogen) atoms. The first-order valence-electron chi connectivity index (χ1n) is 15.4. The summed E-state index contributed by atoms with van der Waals surface area (Å²) in [5.41, 5.74) is 1.44. The SMILES string of the molecule is CC1CC(O)[C@@H](O)C(Oc2cc(CCCCNC(=O)CN3C(=O)[C@@H](N4C(=O)C=CC4=O)C[C@H]3COCCSO)ccc2COC=O)O1. The number of carbonyl (C=O) groups excluding carboxylic acids is 5. The Kier molecular flexibility index (Phi) is 13.6. The van der Waals surface area contributed by atoms with Crippen molar-refractivity contribution in [1.82, 2.24) is 15.1 Å². The first-order chi connectivity index (χ1) is 22.6. The van der Waals surface area contributed by atoms with Crippen molar-refractivity contribution in [3.63, 3.8) is 0 Å². The van der Waals surface area contributed by atoms with Crippen LogP contribution in [-0.4, -0.2) is 123 Å². The smallest absolute Gasteiger partial charge is 0.293 e. The lowest BCUT2D eigenvalue weighted by Crippen LogP contribution is -2.50. The lowest BCUT2D eigenvalue weighted by molar-refractivity contribution is -0.231. The van der Waals surface area contributed by atoms with E-state index in [1.54, 1.807) is 19.1 Å². The number of likely N-dealkylation sites (tertiary alicyclic amines) is 1. The van der Waals surface area contributed by atoms with E-state index < -0.39 is 54.2 Å². The Balaban J connectivity index is 1.28. The minimum atomic E-state index is -1.25. The van der Waals surface area contributed by atoms with Crippen LogP contribution in [0.3, 0.4) is 0 Å². The molecule has 2 fully saturated rings. The Morgan fingerprint density at radius 1 is 1.15 bits per heavy atom. The second kappa shape index (κ2) is 17.6. The molecule has 0 aliphatic carbocycles. The molecule has 6 atom stereocenters. The molecule has 4 rings (SSSR count). The molecule has 1 aromatic carbocycles. The van der Waals surface area contributed by atoms with Gasteiger partial charge < -0.3 is 43.9 Å². The number of aliphatic hydroxyl groups is 2. The van der Waals surface area contributed by atoms with Gasteiger partial charge in [0.2, 0.25) is 18.1 Å². The summed E-state index contributed by atoms with van der Waals surface area (Å²) in [5, 5.41) is 23.3. The maximum absolute atomic E-state index is 13.2. The summed E-state index contributed by atoms with van der Waals surface area (Å²) in [6.07, 6.45) is 0.825. The van der Waals surface area contributed by atoms with Gasteiger partial charge in [0.25, 0.3) is 18.3 Å². The number of amides is 4. The summed E-state index contributed by atoms with van der Waals surface area (Å²) in [4.78, 5) is 63.5. The number of hydrogen-bond donors (Lipinski definition) is 4. The third kappa shape index (κ3) is 9.74. The predicted octanol–water partition coefficient (Wildman–Crippen LogP) is 0.151. The summed E-state index contributed by atoms with van der Waals surface area (Å²) in [6.45, 7) is 2.40. The monoisotopic (exact) mass is 679 g/mol. The van der Waals surface area contributed by atoms with Gasteiger partial charge in [-0.25, -0.2) is 0 Å². The number of ether oxygens (including phenoxy) is 4. The number of carbonyl (C=O) groups is 5. The molecule has 4 N–H and O–H groups in total. The normalized spacial score (nSPS) is 25.8. The minimum Gasteiger partial charge on any atom is -0.463 e. The van der Waals surface area contributed by atoms with E-state index in [4.69, 9.17) is 23.5 Å². The van der Waals surface area contributed by atoms with Gasteiger partial charge in [0.15, 0.2) is 0 Å². The lowest BCUT2D eigenvalue weighted by atomic mass is 10.0. The highest BCUT2D eigenvalue weighted by Gasteiger charge is 2.47. The van der Waals surface area contributed by atoms with Crippen molar-refractivity contribution < 1.29 is 57.7 Å². The molecule has 1 aromatic rings. The van der Waals surface area contributed by atoms with Crippen LogP contribution in [0.1, 0.15) is 43.7 Å². The summed E-state index contributed by atoms with van der Waals surface area (Å²) < 4.78 is 31.0. The number of rotatable bonds is 18. The van der Waals surface area contributed by atoms with Crippen LogP contribution in [0.25, 0.3) is 0 Å². The number of aryl methyl sites for hydroxylation is 1. The van der Waals surface area contributed by atoms with Gasteiger partial charge in [-0.15, -0.1) is 0 Å². The average molecular weight is 680 g/mol. The maximum atomic E-state index is 13.2. The van der Waals surface area contributed by atoms with Crippen LogP contribution in [0, 0.1) is 0 Å². The maximum Gasteiger partial charge on any atom is 0.293 e. The van der Waals surface area contributed by atoms with Crippen LogP contribution in [0.5, 0.6) is 5.75 Å². The summed E-state index contributed by atoms with van der Waals surface area (Å²) in [6, 6.07) is 3.79. The molecule has 15 nitrogen and oxygen atoms in total. The Bertz CT molecular complexity index is 1290. The molecule has 3 aliphatic rings. The zero-order valence-corrected chi connectivity index (χ0v) is 26.8. The fourth-order valence-corrected chi connectivity index (χ4v) is 5.91. The van der Waals surface area contributed by atoms with Crippen LogP contribution in [0.15, 0.2) is 30.4 Å². The number of benzene rings is 1. The molecule has 0 bridgehead atoms. The Labute approximate surface area is 276 Å². The Hall–Kier alpha value is -3.54. The van der Waals surface area contributed by atoms with E-state index in [1.165, 1.54) is 4.90 Å². The molecule has 4 amide bonds. The van der Waals surface area contributed by atoms with Crippen molar-refractivity contribution in [2.24, 2.45) is 0 Å². The fraction of sp³-hybridized carbons (Fsp3) is 0.581. The molecular weight excluding hydrogens is 638 g/mol. The van der Waals surface area contributed by atoms with Crippen LogP contribution < -0.4 is 10.1 Å². The zero-order valence-electron chi connectivity index (χ0n) is 26.0. The third-order valence-corrected chi connectivity index (χ3v) is 8.46. The lowest BCUT2D eigenvalue weighted by Gasteiger charge is -2.35. The van der Waals surface area contributed by atoms with Gasteiger partial charge >= 0.3 is 0 Å². The molecule has 0 spiro atoms. The van der Waals surface area contributed by atoms with Crippen molar-refractivity contribution in [2.75, 3.05) is 32.1 Å². The largest absolute Gasteiger partial charge is 0.463 e. The van der Waals surface area contributed by atoms with Gasteiger partial charge in [-0.05, 0) is 49.9 Å². The number of nitrogens with one attached hydrogen (secondary N) is 1. The van der Waals surface area contributed by atoms with E-state index in [-0.39, 0.29) is 45.3 Å². The molecular formula is C31H41N3O12S. The van der Waals surface area contributed by atoms with Crippen molar-refractivity contribution in [3.8, 4) is 5.75 Å². The molecule has 2 saturated heterocycles. The van der Waals surface area contributed by atoms with E-state index in [0.717, 1.165) is 22.6 Å². The number of nitrogens with zero attached hydrogens (tertiary/aromatic N) is 2. The minimum absolute atomic E-state index is 0.0530. The number of unbranched alkanes of at least 4 members (excludes halogenated alkanes) is 1. The highest BCUT2D eigenvalue weighted by Crippen LogP contribution is 2.29. The van der Waals surface area contributed by atoms with Gasteiger partial charge in [-0.3, -0.25) is 28.9 Å². The van der Waals surface area contributed by atoms with Gasteiger partial charge in [0.05, 0.1) is 38.0 Å². The first kappa shape index (κ1) is 36.3. The van der Waals surface area contributed by atoms with E-state index in [0.29, 0.717) is 61.4 Å². The van der Waals surface area contributed by atoms with E-state index in [9.17, 15) is 34.2 Å². The van der Waals surface area contributed by atoms with Crippen molar-refractivity contribution in [3.05, 3.63) is 41.5 Å². The predicted molar refractivity (Wildman–Crippen MR) is 166 cm³/mol. The second-order valence-electron chi connectivity index (χ2n) is 11.5. The molecule has 0 saturated carbocycles. The van der Waals surface area contributed by atoms with Crippen LogP contribution >= 0.6 is 12.0 Å². The zero-order chi connectivity index (χ0) is 33.9. The van der Waals surface area contributed by atoms with Crippen LogP contribution in [0.4, 0.5) is 0 Å². The third-order valence-electron chi connectivity index (χ3n) is 8.11. The Morgan fingerprint density at radius 2 is 1.91 bits per heavy atom. The molecule has 0 radical (unpaired) electrons. The van der Waals surface area contributed by atoms with Crippen molar-refractivity contribution in [1.29, 1.82) is 0 Å². The second-order valence-corrected chi connectivity index (χ2v) is 12.2. The quantitative estimate of drug-likeness (QED) is 0.0708. The van der Waals surface area contributed by atoms with Gasteiger partial charge in [0, 0.05) is 42.9 Å². The van der Waals surface area contributed by atoms with Crippen molar-refractivity contribution in [2.45, 2.75) is 82.3 Å². The van der Waals surface area contributed by atoms with Gasteiger partial charge in [-0.1, -0.05) is 12.1 Å². The van der Waals surface area contributed by atoms with E-state index in [1.807, 2.05) is 6.07 Å². The van der Waals surface area contributed by atoms with Gasteiger partial charge in [0.1, 0.15) is 24.5 Å². The standard InChI is InChI=1S/C31H41N3O12S/c1-19-12-24(36)29(40)31(45-19)46-25-13-20(5-6-21(25)16-44-18-35)4-2-3-9-32-26(37)15-33-22(17-43-10-11-47-42)14-23(30(33)41)34-27(38)7-8-28(34)39/h5-8,13,18-19,22-24,29,31,36,40,42H,2-4,9-12,14-17H2,1H3,(H,32,37)/t19?,22-,23-,24?,29+,31?/m0/s1. The highest BCUT2D eigenvalue weighted by molar-refractivity contribution is 7.93. The first-order valence-corrected chi connectivity index (χ1v) is 16.4. The molecule has 3 unspecified atom stereocenters. The van der Waals surface area contributed by atoms with E-state index >= 15 is 0 Å². The number of aliphatic hydroxyl groups excluding tert-OH is 2.